The van der Waals surface area contributed by atoms with Gasteiger partial charge in [0.1, 0.15) is 5.76 Å². The summed E-state index contributed by atoms with van der Waals surface area (Å²) in [5.41, 5.74) is 6.05. The van der Waals surface area contributed by atoms with Crippen molar-refractivity contribution in [3.63, 3.8) is 0 Å². The molecule has 0 bridgehead atoms. The molecule has 1 unspecified atom stereocenters. The molecule has 2 heterocycles. The van der Waals surface area contributed by atoms with Gasteiger partial charge in [0.2, 0.25) is 0 Å². The van der Waals surface area contributed by atoms with Crippen molar-refractivity contribution < 1.29 is 4.42 Å². The minimum Gasteiger partial charge on any atom is -0.467 e. The molecule has 14 heavy (non-hydrogen) atoms. The Kier molecular flexibility index (Phi) is 2.70. The van der Waals surface area contributed by atoms with Crippen LogP contribution in [0.1, 0.15) is 28.5 Å². The largest absolute Gasteiger partial charge is 0.467 e. The quantitative estimate of drug-likeness (QED) is 0.840. The zero-order chi connectivity index (χ0) is 9.97. The molecule has 2 aromatic rings. The lowest BCUT2D eigenvalue weighted by atomic mass is 10.2. The van der Waals surface area contributed by atoms with Gasteiger partial charge in [0.05, 0.1) is 12.3 Å². The zero-order valence-electron chi connectivity index (χ0n) is 8.07. The van der Waals surface area contributed by atoms with Gasteiger partial charge in [-0.3, -0.25) is 0 Å². The van der Waals surface area contributed by atoms with Gasteiger partial charge in [0.15, 0.2) is 0 Å². The highest BCUT2D eigenvalue weighted by Crippen LogP contribution is 2.27. The number of aryl methyl sites for hydroxylation is 1. The average molecular weight is 207 g/mol. The Bertz CT molecular complexity index is 391. The molecule has 2 nitrogen and oxygen atoms in total. The van der Waals surface area contributed by atoms with Gasteiger partial charge in [-0.25, -0.2) is 0 Å². The van der Waals surface area contributed by atoms with E-state index in [4.69, 9.17) is 10.2 Å². The van der Waals surface area contributed by atoms with E-state index in [2.05, 4.69) is 19.1 Å². The molecule has 74 valence electrons. The van der Waals surface area contributed by atoms with Crippen LogP contribution in [0, 0.1) is 0 Å². The van der Waals surface area contributed by atoms with E-state index in [1.807, 2.05) is 12.1 Å². The van der Waals surface area contributed by atoms with Gasteiger partial charge >= 0.3 is 0 Å². The number of furan rings is 1. The van der Waals surface area contributed by atoms with Crippen LogP contribution in [0.15, 0.2) is 34.9 Å². The Hall–Kier alpha value is -1.06. The monoisotopic (exact) mass is 207 g/mol. The molecule has 0 amide bonds. The van der Waals surface area contributed by atoms with Crippen LogP contribution < -0.4 is 5.73 Å². The van der Waals surface area contributed by atoms with Gasteiger partial charge < -0.3 is 10.2 Å². The lowest BCUT2D eigenvalue weighted by Crippen LogP contribution is -2.08. The molecule has 0 radical (unpaired) electrons. The van der Waals surface area contributed by atoms with Crippen LogP contribution in [0.25, 0.3) is 0 Å². The van der Waals surface area contributed by atoms with Crippen LogP contribution in [0.4, 0.5) is 0 Å². The summed E-state index contributed by atoms with van der Waals surface area (Å²) in [6, 6.07) is 7.87. The normalized spacial score (nSPS) is 13.0. The molecule has 1 atom stereocenters. The highest BCUT2D eigenvalue weighted by molar-refractivity contribution is 7.12. The molecule has 3 heteroatoms. The Morgan fingerprint density at radius 2 is 2.29 bits per heavy atom. The van der Waals surface area contributed by atoms with Crippen molar-refractivity contribution in [3.8, 4) is 0 Å². The Labute approximate surface area is 87.4 Å². The topological polar surface area (TPSA) is 39.2 Å². The summed E-state index contributed by atoms with van der Waals surface area (Å²) in [4.78, 5) is 2.53. The number of hydrogen-bond donors (Lipinski definition) is 1. The highest BCUT2D eigenvalue weighted by Gasteiger charge is 2.13. The Balaban J connectivity index is 2.23. The zero-order valence-corrected chi connectivity index (χ0v) is 8.88. The molecule has 0 fully saturated rings. The van der Waals surface area contributed by atoms with Crippen LogP contribution in [0.3, 0.4) is 0 Å². The van der Waals surface area contributed by atoms with Crippen molar-refractivity contribution in [2.24, 2.45) is 5.73 Å². The molecule has 2 N–H and O–H groups in total. The maximum atomic E-state index is 6.05. The number of hydrogen-bond acceptors (Lipinski definition) is 3. The van der Waals surface area contributed by atoms with Gasteiger partial charge in [-0.15, -0.1) is 11.3 Å². The first-order valence-electron chi connectivity index (χ1n) is 4.69. The fraction of sp³-hybridized carbons (Fsp3) is 0.273. The summed E-state index contributed by atoms with van der Waals surface area (Å²) >= 11 is 1.75. The third-order valence-corrected chi connectivity index (χ3v) is 3.50. The summed E-state index contributed by atoms with van der Waals surface area (Å²) in [7, 11) is 0. The van der Waals surface area contributed by atoms with E-state index >= 15 is 0 Å². The van der Waals surface area contributed by atoms with Crippen molar-refractivity contribution in [3.05, 3.63) is 46.0 Å². The number of nitrogens with two attached hydrogens (primary N) is 1. The van der Waals surface area contributed by atoms with E-state index in [9.17, 15) is 0 Å². The summed E-state index contributed by atoms with van der Waals surface area (Å²) in [5.74, 6) is 0.828. The first kappa shape index (κ1) is 9.49. The summed E-state index contributed by atoms with van der Waals surface area (Å²) in [5, 5.41) is 0. The van der Waals surface area contributed by atoms with E-state index in [1.54, 1.807) is 17.6 Å². The van der Waals surface area contributed by atoms with Crippen LogP contribution in [-0.2, 0) is 6.42 Å². The smallest absolute Gasteiger partial charge is 0.125 e. The summed E-state index contributed by atoms with van der Waals surface area (Å²) < 4.78 is 5.27. The Morgan fingerprint density at radius 1 is 1.43 bits per heavy atom. The highest BCUT2D eigenvalue weighted by atomic mass is 32.1. The molecule has 0 saturated heterocycles. The minimum atomic E-state index is -0.115. The molecule has 0 spiro atoms. The molecular formula is C11H13NOS. The van der Waals surface area contributed by atoms with Crippen molar-refractivity contribution >= 4 is 11.3 Å². The van der Waals surface area contributed by atoms with E-state index in [-0.39, 0.29) is 6.04 Å². The first-order valence-corrected chi connectivity index (χ1v) is 5.50. The molecule has 0 aliphatic carbocycles. The van der Waals surface area contributed by atoms with E-state index in [1.165, 1.54) is 4.88 Å². The molecular weight excluding hydrogens is 194 g/mol. The standard InChI is InChI=1S/C11H13NOS/c1-2-8-5-6-10(14-8)11(12)9-4-3-7-13-9/h3-7,11H,2,12H2,1H3. The van der Waals surface area contributed by atoms with Gasteiger partial charge in [0, 0.05) is 9.75 Å². The van der Waals surface area contributed by atoms with E-state index < -0.39 is 0 Å². The molecule has 0 saturated carbocycles. The van der Waals surface area contributed by atoms with Crippen molar-refractivity contribution in [1.29, 1.82) is 0 Å². The van der Waals surface area contributed by atoms with Crippen molar-refractivity contribution in [2.45, 2.75) is 19.4 Å². The fourth-order valence-electron chi connectivity index (χ4n) is 1.36. The maximum absolute atomic E-state index is 6.05. The van der Waals surface area contributed by atoms with Crippen LogP contribution in [0.5, 0.6) is 0 Å². The number of thiophene rings is 1. The predicted octanol–water partition coefficient (Wildman–Crippen LogP) is 2.95. The fourth-order valence-corrected chi connectivity index (χ4v) is 2.32. The third kappa shape index (κ3) is 1.74. The molecule has 2 aromatic heterocycles. The van der Waals surface area contributed by atoms with Crippen molar-refractivity contribution in [2.75, 3.05) is 0 Å². The third-order valence-electron chi connectivity index (χ3n) is 2.19. The summed E-state index contributed by atoms with van der Waals surface area (Å²) in [6.07, 6.45) is 2.72. The second kappa shape index (κ2) is 3.98. The second-order valence-corrected chi connectivity index (χ2v) is 4.35. The van der Waals surface area contributed by atoms with Gasteiger partial charge in [0.25, 0.3) is 0 Å². The summed E-state index contributed by atoms with van der Waals surface area (Å²) in [6.45, 7) is 2.15. The lowest BCUT2D eigenvalue weighted by Gasteiger charge is -2.04. The molecule has 0 aromatic carbocycles. The van der Waals surface area contributed by atoms with Crippen LogP contribution in [0.2, 0.25) is 0 Å². The lowest BCUT2D eigenvalue weighted by molar-refractivity contribution is 0.492. The second-order valence-electron chi connectivity index (χ2n) is 3.15. The number of rotatable bonds is 3. The van der Waals surface area contributed by atoms with Gasteiger partial charge in [-0.1, -0.05) is 6.92 Å². The maximum Gasteiger partial charge on any atom is 0.125 e. The molecule has 0 aliphatic heterocycles. The Morgan fingerprint density at radius 3 is 2.86 bits per heavy atom. The van der Waals surface area contributed by atoms with Crippen molar-refractivity contribution in [1.82, 2.24) is 0 Å². The average Bonchev–Trinajstić information content (AvgIpc) is 2.88. The molecule has 0 aliphatic rings. The van der Waals surface area contributed by atoms with Gasteiger partial charge in [-0.05, 0) is 30.7 Å². The van der Waals surface area contributed by atoms with Crippen LogP contribution >= 0.6 is 11.3 Å². The minimum absolute atomic E-state index is 0.115. The SMILES string of the molecule is CCc1ccc(C(N)c2ccco2)s1. The van der Waals surface area contributed by atoms with E-state index in [0.717, 1.165) is 17.1 Å². The van der Waals surface area contributed by atoms with Gasteiger partial charge in [-0.2, -0.15) is 0 Å². The molecule has 2 rings (SSSR count). The van der Waals surface area contributed by atoms with E-state index in [0.29, 0.717) is 0 Å². The van der Waals surface area contributed by atoms with Crippen LogP contribution in [-0.4, -0.2) is 0 Å². The predicted molar refractivity (Wildman–Crippen MR) is 58.4 cm³/mol. The first-order chi connectivity index (χ1) is 6.81.